The van der Waals surface area contributed by atoms with Crippen molar-refractivity contribution >= 4 is 28.9 Å². The molecular weight excluding hydrogens is 452 g/mol. The number of carbonyl (C=O) groups excluding carboxylic acids is 2. The van der Waals surface area contributed by atoms with Crippen LogP contribution < -0.4 is 15.5 Å². The normalized spacial score (nSPS) is 14.3. The molecule has 1 saturated heterocycles. The van der Waals surface area contributed by atoms with Crippen molar-refractivity contribution in [2.45, 2.75) is 6.42 Å². The second-order valence-electron chi connectivity index (χ2n) is 9.11. The van der Waals surface area contributed by atoms with Crippen LogP contribution in [0.5, 0.6) is 0 Å². The van der Waals surface area contributed by atoms with Crippen LogP contribution in [0.4, 0.5) is 17.1 Å². The zero-order valence-electron chi connectivity index (χ0n) is 21.0. The van der Waals surface area contributed by atoms with Crippen LogP contribution in [0.15, 0.2) is 73.1 Å². The molecule has 1 fully saturated rings. The molecule has 1 aromatic heterocycles. The van der Waals surface area contributed by atoms with Gasteiger partial charge in [0.05, 0.1) is 0 Å². The Balaban J connectivity index is 1.31. The van der Waals surface area contributed by atoms with E-state index in [-0.39, 0.29) is 11.8 Å². The fourth-order valence-corrected chi connectivity index (χ4v) is 4.19. The number of rotatable bonds is 9. The number of benzene rings is 2. The molecule has 2 N–H and O–H groups in total. The number of hydrogen-bond donors (Lipinski definition) is 2. The summed E-state index contributed by atoms with van der Waals surface area (Å²) in [5.74, 6) is -0.200. The molecule has 0 spiro atoms. The van der Waals surface area contributed by atoms with Gasteiger partial charge >= 0.3 is 0 Å². The number of pyridine rings is 1. The van der Waals surface area contributed by atoms with Crippen molar-refractivity contribution in [2.24, 2.45) is 0 Å². The highest BCUT2D eigenvalue weighted by Crippen LogP contribution is 2.21. The number of aromatic nitrogens is 1. The van der Waals surface area contributed by atoms with Gasteiger partial charge < -0.3 is 25.3 Å². The molecule has 36 heavy (non-hydrogen) atoms. The Morgan fingerprint density at radius 2 is 1.56 bits per heavy atom. The van der Waals surface area contributed by atoms with Crippen LogP contribution in [0, 0.1) is 0 Å². The van der Waals surface area contributed by atoms with E-state index < -0.39 is 0 Å². The lowest BCUT2D eigenvalue weighted by Crippen LogP contribution is -2.45. The largest absolute Gasteiger partial charge is 0.355 e. The van der Waals surface area contributed by atoms with Crippen molar-refractivity contribution in [3.8, 4) is 0 Å². The van der Waals surface area contributed by atoms with Crippen molar-refractivity contribution in [1.29, 1.82) is 0 Å². The summed E-state index contributed by atoms with van der Waals surface area (Å²) in [4.78, 5) is 36.0. The van der Waals surface area contributed by atoms with E-state index in [0.717, 1.165) is 56.2 Å². The number of hydrogen-bond acceptors (Lipinski definition) is 6. The second kappa shape index (κ2) is 12.3. The summed E-state index contributed by atoms with van der Waals surface area (Å²) in [7, 11) is 3.89. The number of nitrogens with one attached hydrogen (secondary N) is 2. The monoisotopic (exact) mass is 486 g/mol. The summed E-state index contributed by atoms with van der Waals surface area (Å²) in [6, 6.07) is 18.3. The van der Waals surface area contributed by atoms with Crippen molar-refractivity contribution in [2.75, 3.05) is 63.6 Å². The van der Waals surface area contributed by atoms with Crippen molar-refractivity contribution in [1.82, 2.24) is 20.1 Å². The SMILES string of the molecule is CN1CCN(CCCNC(=O)c2cccc(Nc3cccc(C(=O)N(C)c4ccncc4)c3)c2)CC1. The van der Waals surface area contributed by atoms with Gasteiger partial charge in [0.1, 0.15) is 0 Å². The number of nitrogens with zero attached hydrogens (tertiary/aromatic N) is 4. The first kappa shape index (κ1) is 25.3. The van der Waals surface area contributed by atoms with Gasteiger partial charge in [-0.15, -0.1) is 0 Å². The van der Waals surface area contributed by atoms with E-state index in [4.69, 9.17) is 0 Å². The Hall–Kier alpha value is -3.75. The van der Waals surface area contributed by atoms with E-state index in [1.165, 1.54) is 0 Å². The number of piperazine rings is 1. The Kier molecular flexibility index (Phi) is 8.65. The molecule has 3 aromatic rings. The molecular formula is C28H34N6O2. The fraction of sp³-hybridized carbons (Fsp3) is 0.321. The highest BCUT2D eigenvalue weighted by molar-refractivity contribution is 6.06. The first-order chi connectivity index (χ1) is 17.5. The topological polar surface area (TPSA) is 80.8 Å². The van der Waals surface area contributed by atoms with Crippen LogP contribution in [0.1, 0.15) is 27.1 Å². The molecule has 4 rings (SSSR count). The van der Waals surface area contributed by atoms with Crippen LogP contribution in [0.2, 0.25) is 0 Å². The third-order valence-corrected chi connectivity index (χ3v) is 6.41. The van der Waals surface area contributed by atoms with Crippen LogP contribution in [0.25, 0.3) is 0 Å². The van der Waals surface area contributed by atoms with Crippen molar-refractivity contribution in [3.05, 3.63) is 84.2 Å². The van der Waals surface area contributed by atoms with Crippen molar-refractivity contribution < 1.29 is 9.59 Å². The van der Waals surface area contributed by atoms with E-state index in [1.807, 2.05) is 42.5 Å². The van der Waals surface area contributed by atoms with Crippen molar-refractivity contribution in [3.63, 3.8) is 0 Å². The van der Waals surface area contributed by atoms with E-state index in [0.29, 0.717) is 17.7 Å². The third-order valence-electron chi connectivity index (χ3n) is 6.41. The van der Waals surface area contributed by atoms with Crippen LogP contribution in [-0.4, -0.2) is 80.0 Å². The molecule has 0 atom stereocenters. The van der Waals surface area contributed by atoms with Crippen LogP contribution >= 0.6 is 0 Å². The zero-order valence-corrected chi connectivity index (χ0v) is 21.0. The molecule has 1 aliphatic heterocycles. The van der Waals surface area contributed by atoms with Gasteiger partial charge in [-0.1, -0.05) is 12.1 Å². The van der Waals surface area contributed by atoms with E-state index >= 15 is 0 Å². The molecule has 8 nitrogen and oxygen atoms in total. The summed E-state index contributed by atoms with van der Waals surface area (Å²) in [6.07, 6.45) is 4.25. The zero-order chi connectivity index (χ0) is 25.3. The Labute approximate surface area is 212 Å². The average molecular weight is 487 g/mol. The van der Waals surface area contributed by atoms with E-state index in [9.17, 15) is 9.59 Å². The number of anilines is 3. The Bertz CT molecular complexity index is 1160. The van der Waals surface area contributed by atoms with Gasteiger partial charge in [-0.25, -0.2) is 0 Å². The summed E-state index contributed by atoms with van der Waals surface area (Å²) in [5, 5.41) is 6.35. The lowest BCUT2D eigenvalue weighted by atomic mass is 10.1. The minimum Gasteiger partial charge on any atom is -0.355 e. The predicted octanol–water partition coefficient (Wildman–Crippen LogP) is 3.47. The second-order valence-corrected chi connectivity index (χ2v) is 9.11. The molecule has 2 aromatic carbocycles. The molecule has 0 saturated carbocycles. The Morgan fingerprint density at radius 1 is 0.917 bits per heavy atom. The molecule has 2 heterocycles. The highest BCUT2D eigenvalue weighted by atomic mass is 16.2. The summed E-state index contributed by atoms with van der Waals surface area (Å²) >= 11 is 0. The lowest BCUT2D eigenvalue weighted by molar-refractivity contribution is 0.0948. The smallest absolute Gasteiger partial charge is 0.258 e. The summed E-state index contributed by atoms with van der Waals surface area (Å²) in [6.45, 7) is 6.03. The standard InChI is InChI=1S/C28H34N6O2/c1-32-16-18-34(19-17-32)15-5-12-30-27(35)22-6-3-8-24(20-22)31-25-9-4-7-23(21-25)28(36)33(2)26-10-13-29-14-11-26/h3-4,6-11,13-14,20-21,31H,5,12,15-19H2,1-2H3,(H,30,35). The Morgan fingerprint density at radius 3 is 2.25 bits per heavy atom. The number of amides is 2. The van der Waals surface area contributed by atoms with Gasteiger partial charge in [0, 0.05) is 80.4 Å². The van der Waals surface area contributed by atoms with Gasteiger partial charge in [-0.05, 0) is 68.5 Å². The number of likely N-dealkylation sites (N-methyl/N-ethyl adjacent to an activating group) is 1. The summed E-state index contributed by atoms with van der Waals surface area (Å²) in [5.41, 5.74) is 3.49. The third kappa shape index (κ3) is 6.90. The fourth-order valence-electron chi connectivity index (χ4n) is 4.19. The maximum Gasteiger partial charge on any atom is 0.258 e. The van der Waals surface area contributed by atoms with Gasteiger partial charge in [0.15, 0.2) is 0 Å². The van der Waals surface area contributed by atoms with Gasteiger partial charge in [-0.3, -0.25) is 14.6 Å². The molecule has 188 valence electrons. The number of carbonyl (C=O) groups is 2. The molecule has 0 aliphatic carbocycles. The predicted molar refractivity (Wildman–Crippen MR) is 144 cm³/mol. The molecule has 1 aliphatic rings. The van der Waals surface area contributed by atoms with Crippen LogP contribution in [0.3, 0.4) is 0 Å². The minimum atomic E-state index is -0.116. The minimum absolute atomic E-state index is 0.0834. The highest BCUT2D eigenvalue weighted by Gasteiger charge is 2.15. The average Bonchev–Trinajstić information content (AvgIpc) is 2.92. The van der Waals surface area contributed by atoms with Gasteiger partial charge in [0.2, 0.25) is 0 Å². The lowest BCUT2D eigenvalue weighted by Gasteiger charge is -2.32. The van der Waals surface area contributed by atoms with Crippen LogP contribution in [-0.2, 0) is 0 Å². The maximum absolute atomic E-state index is 13.0. The first-order valence-corrected chi connectivity index (χ1v) is 12.3. The maximum atomic E-state index is 13.0. The van der Waals surface area contributed by atoms with Gasteiger partial charge in [0.25, 0.3) is 11.8 Å². The molecule has 0 radical (unpaired) electrons. The summed E-state index contributed by atoms with van der Waals surface area (Å²) < 4.78 is 0. The van der Waals surface area contributed by atoms with E-state index in [2.05, 4.69) is 32.5 Å². The first-order valence-electron chi connectivity index (χ1n) is 12.3. The molecule has 8 heteroatoms. The molecule has 0 unspecified atom stereocenters. The van der Waals surface area contributed by atoms with E-state index in [1.54, 1.807) is 42.5 Å². The molecule has 2 amide bonds. The molecule has 0 bridgehead atoms. The quantitative estimate of drug-likeness (QED) is 0.451. The van der Waals surface area contributed by atoms with Gasteiger partial charge in [-0.2, -0.15) is 0 Å².